The van der Waals surface area contributed by atoms with Crippen molar-refractivity contribution in [1.82, 2.24) is 10.2 Å². The monoisotopic (exact) mass is 394 g/mol. The van der Waals surface area contributed by atoms with Crippen molar-refractivity contribution in [2.45, 2.75) is 50.5 Å². The molecule has 1 fully saturated rings. The number of carbonyl (C=O) groups excluding carboxylic acids is 1. The molecular weight excluding hydrogens is 364 g/mol. The van der Waals surface area contributed by atoms with Gasteiger partial charge >= 0.3 is 0 Å². The third-order valence-corrected chi connectivity index (χ3v) is 6.48. The minimum absolute atomic E-state index is 0.00252. The molecule has 0 aromatic heterocycles. The third-order valence-electron chi connectivity index (χ3n) is 6.48. The van der Waals surface area contributed by atoms with Crippen LogP contribution in [0.25, 0.3) is 0 Å². The van der Waals surface area contributed by atoms with Crippen LogP contribution in [0.3, 0.4) is 0 Å². The lowest BCUT2D eigenvalue weighted by Crippen LogP contribution is -2.52. The van der Waals surface area contributed by atoms with Crippen LogP contribution in [-0.4, -0.2) is 40.2 Å². The molecule has 3 N–H and O–H groups in total. The second kappa shape index (κ2) is 8.66. The van der Waals surface area contributed by atoms with Crippen molar-refractivity contribution in [1.29, 1.82) is 0 Å². The summed E-state index contributed by atoms with van der Waals surface area (Å²) in [6, 6.07) is 17.8. The minimum atomic E-state index is -1.27. The van der Waals surface area contributed by atoms with E-state index in [1.807, 2.05) is 42.5 Å². The van der Waals surface area contributed by atoms with Crippen LogP contribution in [-0.2, 0) is 23.5 Å². The van der Waals surface area contributed by atoms with Gasteiger partial charge in [-0.05, 0) is 35.4 Å². The maximum Gasteiger partial charge on any atom is 0.224 e. The van der Waals surface area contributed by atoms with Crippen molar-refractivity contribution >= 4 is 5.91 Å². The quantitative estimate of drug-likeness (QED) is 0.659. The summed E-state index contributed by atoms with van der Waals surface area (Å²) in [5, 5.41) is 25.8. The first-order valence-electron chi connectivity index (χ1n) is 10.6. The number of hydrogen-bond donors (Lipinski definition) is 3. The van der Waals surface area contributed by atoms with E-state index in [-0.39, 0.29) is 18.4 Å². The highest BCUT2D eigenvalue weighted by atomic mass is 16.3. The second-order valence-corrected chi connectivity index (χ2v) is 8.31. The molecule has 2 atom stereocenters. The number of aliphatic hydroxyl groups is 2. The summed E-state index contributed by atoms with van der Waals surface area (Å²) in [5.41, 5.74) is 1.64. The van der Waals surface area contributed by atoms with Crippen LogP contribution in [0.4, 0.5) is 0 Å². The summed E-state index contributed by atoms with van der Waals surface area (Å²) in [6.45, 7) is 1.90. The van der Waals surface area contributed by atoms with Gasteiger partial charge in [-0.2, -0.15) is 0 Å². The molecule has 1 amide bonds. The van der Waals surface area contributed by atoms with Gasteiger partial charge in [0.1, 0.15) is 11.7 Å². The summed E-state index contributed by atoms with van der Waals surface area (Å²) in [5.74, 6) is 0.0542. The van der Waals surface area contributed by atoms with Gasteiger partial charge < -0.3 is 20.4 Å². The van der Waals surface area contributed by atoms with Crippen molar-refractivity contribution in [2.75, 3.05) is 13.1 Å². The van der Waals surface area contributed by atoms with Gasteiger partial charge in [-0.1, -0.05) is 61.0 Å². The Balaban J connectivity index is 1.42. The van der Waals surface area contributed by atoms with Crippen LogP contribution in [0.1, 0.15) is 42.4 Å². The molecule has 1 aliphatic heterocycles. The van der Waals surface area contributed by atoms with E-state index >= 15 is 0 Å². The fourth-order valence-electron chi connectivity index (χ4n) is 4.56. The van der Waals surface area contributed by atoms with Gasteiger partial charge in [0, 0.05) is 26.1 Å². The molecule has 4 rings (SSSR count). The number of rotatable bonds is 6. The Morgan fingerprint density at radius 1 is 1.10 bits per heavy atom. The number of aliphatic hydroxyl groups excluding tert-OH is 1. The molecule has 1 aliphatic carbocycles. The van der Waals surface area contributed by atoms with E-state index in [9.17, 15) is 15.0 Å². The topological polar surface area (TPSA) is 72.8 Å². The van der Waals surface area contributed by atoms with E-state index in [2.05, 4.69) is 17.4 Å². The van der Waals surface area contributed by atoms with Crippen LogP contribution in [0, 0.1) is 5.92 Å². The zero-order valence-electron chi connectivity index (χ0n) is 16.8. The standard InChI is InChI=1S/C24H30N2O3/c27-22-17-26(23(28)13-14-25-15-18-7-2-1-3-8-18)16-19-9-4-5-12-21(19)24(22,29)20-10-6-11-20/h1-5,7-9,12,20,22,25,27,29H,6,10-11,13-17H2/t22-,24+/m0/s1. The van der Waals surface area contributed by atoms with Crippen LogP contribution < -0.4 is 5.32 Å². The number of benzene rings is 2. The van der Waals surface area contributed by atoms with E-state index in [1.165, 1.54) is 5.56 Å². The Morgan fingerprint density at radius 3 is 2.55 bits per heavy atom. The Labute approximate surface area is 172 Å². The lowest BCUT2D eigenvalue weighted by atomic mass is 9.66. The predicted octanol–water partition coefficient (Wildman–Crippen LogP) is 2.56. The van der Waals surface area contributed by atoms with Gasteiger partial charge in [0.25, 0.3) is 0 Å². The maximum absolute atomic E-state index is 12.9. The number of nitrogens with one attached hydrogen (secondary N) is 1. The lowest BCUT2D eigenvalue weighted by Gasteiger charge is -2.44. The highest BCUT2D eigenvalue weighted by Crippen LogP contribution is 2.47. The summed E-state index contributed by atoms with van der Waals surface area (Å²) < 4.78 is 0. The molecule has 5 nitrogen and oxygen atoms in total. The summed E-state index contributed by atoms with van der Waals surface area (Å²) in [4.78, 5) is 14.6. The molecule has 0 saturated heterocycles. The predicted molar refractivity (Wildman–Crippen MR) is 112 cm³/mol. The molecule has 154 valence electrons. The van der Waals surface area contributed by atoms with Crippen molar-refractivity contribution in [3.63, 3.8) is 0 Å². The molecule has 0 radical (unpaired) electrons. The molecule has 0 spiro atoms. The first-order valence-corrected chi connectivity index (χ1v) is 10.6. The van der Waals surface area contributed by atoms with Crippen molar-refractivity contribution in [3.05, 3.63) is 71.3 Å². The highest BCUT2D eigenvalue weighted by Gasteiger charge is 2.50. The van der Waals surface area contributed by atoms with Crippen LogP contribution in [0.5, 0.6) is 0 Å². The molecule has 0 unspecified atom stereocenters. The van der Waals surface area contributed by atoms with E-state index in [4.69, 9.17) is 0 Å². The van der Waals surface area contributed by atoms with Crippen molar-refractivity contribution in [3.8, 4) is 0 Å². The molecule has 1 heterocycles. The number of nitrogens with zero attached hydrogens (tertiary/aromatic N) is 1. The molecule has 2 aromatic rings. The average molecular weight is 395 g/mol. The smallest absolute Gasteiger partial charge is 0.224 e. The number of carbonyl (C=O) groups is 1. The van der Waals surface area contributed by atoms with Gasteiger partial charge in [0.05, 0.1) is 6.54 Å². The van der Waals surface area contributed by atoms with Crippen molar-refractivity contribution < 1.29 is 15.0 Å². The number of amides is 1. The largest absolute Gasteiger partial charge is 0.388 e. The minimum Gasteiger partial charge on any atom is -0.388 e. The summed E-state index contributed by atoms with van der Waals surface area (Å²) >= 11 is 0. The van der Waals surface area contributed by atoms with E-state index in [0.717, 1.165) is 36.9 Å². The van der Waals surface area contributed by atoms with E-state index < -0.39 is 11.7 Å². The van der Waals surface area contributed by atoms with Crippen LogP contribution >= 0.6 is 0 Å². The zero-order valence-corrected chi connectivity index (χ0v) is 16.8. The normalized spacial score (nSPS) is 24.5. The Kier molecular flexibility index (Phi) is 5.99. The highest BCUT2D eigenvalue weighted by molar-refractivity contribution is 5.76. The first kappa shape index (κ1) is 20.1. The fraction of sp³-hybridized carbons (Fsp3) is 0.458. The SMILES string of the molecule is O=C(CCNCc1ccccc1)N1Cc2ccccc2[C@](O)(C2CCC2)[C@@H](O)C1. The van der Waals surface area contributed by atoms with E-state index in [0.29, 0.717) is 19.5 Å². The third kappa shape index (κ3) is 4.08. The van der Waals surface area contributed by atoms with E-state index in [1.54, 1.807) is 4.90 Å². The van der Waals surface area contributed by atoms with Gasteiger partial charge in [-0.15, -0.1) is 0 Å². The maximum atomic E-state index is 12.9. The molecule has 29 heavy (non-hydrogen) atoms. The Morgan fingerprint density at radius 2 is 1.83 bits per heavy atom. The van der Waals surface area contributed by atoms with Crippen LogP contribution in [0.15, 0.2) is 54.6 Å². The second-order valence-electron chi connectivity index (χ2n) is 8.31. The molecule has 5 heteroatoms. The molecule has 1 saturated carbocycles. The number of β-amino-alcohol motifs (C(OH)–C–C–N with tert-alkyl or cyclic N) is 1. The van der Waals surface area contributed by atoms with Gasteiger partial charge in [-0.3, -0.25) is 4.79 Å². The molecule has 2 aliphatic rings. The first-order chi connectivity index (χ1) is 14.1. The molecular formula is C24H30N2O3. The lowest BCUT2D eigenvalue weighted by molar-refractivity contribution is -0.152. The Hall–Kier alpha value is -2.21. The molecule has 2 aromatic carbocycles. The average Bonchev–Trinajstić information content (AvgIpc) is 2.80. The van der Waals surface area contributed by atoms with Gasteiger partial charge in [-0.25, -0.2) is 0 Å². The summed E-state index contributed by atoms with van der Waals surface area (Å²) in [6.07, 6.45) is 2.30. The zero-order chi connectivity index (χ0) is 20.3. The van der Waals surface area contributed by atoms with Gasteiger partial charge in [0.2, 0.25) is 5.91 Å². The number of fused-ring (bicyclic) bond motifs is 1. The number of hydrogen-bond acceptors (Lipinski definition) is 4. The van der Waals surface area contributed by atoms with Crippen LogP contribution in [0.2, 0.25) is 0 Å². The fourth-order valence-corrected chi connectivity index (χ4v) is 4.56. The van der Waals surface area contributed by atoms with Gasteiger partial charge in [0.15, 0.2) is 0 Å². The molecule has 0 bridgehead atoms. The Bertz CT molecular complexity index is 837. The van der Waals surface area contributed by atoms with Crippen molar-refractivity contribution in [2.24, 2.45) is 5.92 Å². The summed E-state index contributed by atoms with van der Waals surface area (Å²) in [7, 11) is 0.